The molecule has 0 atom stereocenters. The van der Waals surface area contributed by atoms with Gasteiger partial charge in [-0.15, -0.1) is 0 Å². The van der Waals surface area contributed by atoms with E-state index in [1.54, 1.807) is 30.3 Å². The molecule has 2 aromatic heterocycles. The number of carbonyl (C=O) groups excluding carboxylic acids is 2. The molecule has 4 aromatic rings. The minimum Gasteiger partial charge on any atom is -0.352 e. The Morgan fingerprint density at radius 2 is 1.74 bits per heavy atom. The van der Waals surface area contributed by atoms with Crippen LogP contribution in [0.5, 0.6) is 0 Å². The van der Waals surface area contributed by atoms with Crippen molar-refractivity contribution >= 4 is 38.3 Å². The molecule has 0 aliphatic rings. The van der Waals surface area contributed by atoms with Crippen molar-refractivity contribution in [2.75, 3.05) is 40.3 Å². The molecular weight excluding hydrogens is 446 g/mol. The van der Waals surface area contributed by atoms with Crippen molar-refractivity contribution in [3.8, 4) is 11.3 Å². The third kappa shape index (κ3) is 4.98. The summed E-state index contributed by atoms with van der Waals surface area (Å²) in [5.41, 5.74) is 4.16. The zero-order chi connectivity index (χ0) is 24.2. The predicted molar refractivity (Wildman–Crippen MR) is 139 cm³/mol. The van der Waals surface area contributed by atoms with E-state index in [1.807, 2.05) is 48.7 Å². The Balaban J connectivity index is 1.47. The second-order valence-electron chi connectivity index (χ2n) is 8.48. The van der Waals surface area contributed by atoms with Gasteiger partial charge in [-0.2, -0.15) is 0 Å². The van der Waals surface area contributed by atoms with Crippen LogP contribution in [0, 0.1) is 0 Å². The zero-order valence-corrected chi connectivity index (χ0v) is 21.0. The first-order valence-corrected chi connectivity index (χ1v) is 12.5. The number of nitrogens with zero attached hydrogens (tertiary/aromatic N) is 4. The van der Waals surface area contributed by atoms with E-state index < -0.39 is 0 Å². The Kier molecular flexibility index (Phi) is 7.29. The Hall–Kier alpha value is -3.23. The van der Waals surface area contributed by atoms with Crippen molar-refractivity contribution in [3.05, 3.63) is 59.8 Å². The van der Waals surface area contributed by atoms with Gasteiger partial charge in [0, 0.05) is 43.5 Å². The highest BCUT2D eigenvalue weighted by Gasteiger charge is 2.14. The molecule has 2 heterocycles. The highest BCUT2D eigenvalue weighted by molar-refractivity contribution is 7.23. The standard InChI is InChI=1S/C26H31N5O2S/c1-5-30(6-2)15-7-14-27-24(32)20-12-13-22-23(16-20)34-26-28-21(17-31(22)26)18-8-10-19(11-9-18)25(33)29(3)4/h8-13,16-17H,5-7,14-15H2,1-4H3,(H,27,32). The largest absolute Gasteiger partial charge is 0.352 e. The van der Waals surface area contributed by atoms with Gasteiger partial charge in [-0.05, 0) is 56.4 Å². The fourth-order valence-electron chi connectivity index (χ4n) is 3.97. The lowest BCUT2D eigenvalue weighted by molar-refractivity contribution is 0.0827. The fourth-order valence-corrected chi connectivity index (χ4v) is 5.02. The van der Waals surface area contributed by atoms with Crippen LogP contribution in [0.3, 0.4) is 0 Å². The van der Waals surface area contributed by atoms with E-state index in [2.05, 4.69) is 28.5 Å². The third-order valence-corrected chi connectivity index (χ3v) is 7.04. The lowest BCUT2D eigenvalue weighted by atomic mass is 10.1. The van der Waals surface area contributed by atoms with Crippen molar-refractivity contribution < 1.29 is 9.59 Å². The van der Waals surface area contributed by atoms with E-state index in [1.165, 1.54) is 0 Å². The van der Waals surface area contributed by atoms with Gasteiger partial charge in [0.25, 0.3) is 11.8 Å². The predicted octanol–water partition coefficient (Wildman–Crippen LogP) is 4.38. The minimum atomic E-state index is -0.0412. The summed E-state index contributed by atoms with van der Waals surface area (Å²) in [7, 11) is 3.49. The summed E-state index contributed by atoms with van der Waals surface area (Å²) in [4.78, 5) is 34.3. The molecule has 0 unspecified atom stereocenters. The molecule has 8 heteroatoms. The van der Waals surface area contributed by atoms with Crippen molar-refractivity contribution in [1.82, 2.24) is 24.5 Å². The molecule has 1 N–H and O–H groups in total. The van der Waals surface area contributed by atoms with Gasteiger partial charge in [0.05, 0.1) is 15.9 Å². The van der Waals surface area contributed by atoms with Crippen LogP contribution in [0.15, 0.2) is 48.7 Å². The number of nitrogens with one attached hydrogen (secondary N) is 1. The summed E-state index contributed by atoms with van der Waals surface area (Å²) < 4.78 is 3.08. The number of thiazole rings is 1. The number of hydrogen-bond donors (Lipinski definition) is 1. The number of carbonyl (C=O) groups is 2. The van der Waals surface area contributed by atoms with Gasteiger partial charge in [-0.1, -0.05) is 37.3 Å². The van der Waals surface area contributed by atoms with Crippen LogP contribution in [0.4, 0.5) is 0 Å². The molecule has 0 spiro atoms. The van der Waals surface area contributed by atoms with Crippen molar-refractivity contribution in [3.63, 3.8) is 0 Å². The zero-order valence-electron chi connectivity index (χ0n) is 20.2. The summed E-state index contributed by atoms with van der Waals surface area (Å²) in [5, 5.41) is 3.03. The first-order chi connectivity index (χ1) is 16.4. The average molecular weight is 478 g/mol. The Bertz CT molecular complexity index is 1300. The van der Waals surface area contributed by atoms with Gasteiger partial charge in [0.1, 0.15) is 0 Å². The number of aromatic nitrogens is 2. The smallest absolute Gasteiger partial charge is 0.253 e. The van der Waals surface area contributed by atoms with Crippen molar-refractivity contribution in [2.24, 2.45) is 0 Å². The second-order valence-corrected chi connectivity index (χ2v) is 9.49. The van der Waals surface area contributed by atoms with Crippen LogP contribution in [-0.4, -0.2) is 71.3 Å². The van der Waals surface area contributed by atoms with Crippen LogP contribution in [0.25, 0.3) is 26.4 Å². The van der Waals surface area contributed by atoms with Gasteiger partial charge in [-0.25, -0.2) is 4.98 Å². The molecule has 2 aromatic carbocycles. The summed E-state index contributed by atoms with van der Waals surface area (Å²) in [6, 6.07) is 13.3. The molecule has 0 saturated carbocycles. The Morgan fingerprint density at radius 1 is 1.03 bits per heavy atom. The van der Waals surface area contributed by atoms with Crippen LogP contribution in [0.1, 0.15) is 41.0 Å². The van der Waals surface area contributed by atoms with Gasteiger partial charge in [0.15, 0.2) is 4.96 Å². The minimum absolute atomic E-state index is 0.0212. The fraction of sp³-hybridized carbons (Fsp3) is 0.346. The van der Waals surface area contributed by atoms with E-state index >= 15 is 0 Å². The molecule has 0 fully saturated rings. The normalized spacial score (nSPS) is 11.4. The topological polar surface area (TPSA) is 70.0 Å². The molecule has 34 heavy (non-hydrogen) atoms. The Morgan fingerprint density at radius 3 is 2.41 bits per heavy atom. The quantitative estimate of drug-likeness (QED) is 0.363. The van der Waals surface area contributed by atoms with Crippen LogP contribution in [0.2, 0.25) is 0 Å². The van der Waals surface area contributed by atoms with E-state index in [4.69, 9.17) is 4.98 Å². The lowest BCUT2D eigenvalue weighted by Gasteiger charge is -2.17. The maximum Gasteiger partial charge on any atom is 0.253 e. The van der Waals surface area contributed by atoms with E-state index in [0.29, 0.717) is 17.7 Å². The van der Waals surface area contributed by atoms with Crippen molar-refractivity contribution in [2.45, 2.75) is 20.3 Å². The summed E-state index contributed by atoms with van der Waals surface area (Å²) >= 11 is 1.56. The maximum absolute atomic E-state index is 12.6. The maximum atomic E-state index is 12.6. The molecular formula is C26H31N5O2S. The monoisotopic (exact) mass is 477 g/mol. The highest BCUT2D eigenvalue weighted by Crippen LogP contribution is 2.30. The molecule has 0 bridgehead atoms. The summed E-state index contributed by atoms with van der Waals surface area (Å²) in [5.74, 6) is -0.0624. The van der Waals surface area contributed by atoms with E-state index in [0.717, 1.165) is 52.5 Å². The molecule has 4 rings (SSSR count). The lowest BCUT2D eigenvalue weighted by Crippen LogP contribution is -2.29. The number of rotatable bonds is 9. The number of fused-ring (bicyclic) bond motifs is 3. The molecule has 0 radical (unpaired) electrons. The van der Waals surface area contributed by atoms with E-state index in [-0.39, 0.29) is 11.8 Å². The van der Waals surface area contributed by atoms with Gasteiger partial charge < -0.3 is 15.1 Å². The third-order valence-electron chi connectivity index (χ3n) is 6.02. The van der Waals surface area contributed by atoms with Crippen LogP contribution in [-0.2, 0) is 0 Å². The first-order valence-electron chi connectivity index (χ1n) is 11.7. The average Bonchev–Trinajstić information content (AvgIpc) is 3.41. The van der Waals surface area contributed by atoms with Crippen molar-refractivity contribution in [1.29, 1.82) is 0 Å². The van der Waals surface area contributed by atoms with Gasteiger partial charge >= 0.3 is 0 Å². The second kappa shape index (κ2) is 10.4. The summed E-state index contributed by atoms with van der Waals surface area (Å²) in [6.45, 7) is 8.04. The van der Waals surface area contributed by atoms with Gasteiger partial charge in [0.2, 0.25) is 0 Å². The first kappa shape index (κ1) is 23.9. The molecule has 178 valence electrons. The number of benzene rings is 2. The van der Waals surface area contributed by atoms with E-state index in [9.17, 15) is 9.59 Å². The van der Waals surface area contributed by atoms with Gasteiger partial charge in [-0.3, -0.25) is 14.0 Å². The number of amides is 2. The highest BCUT2D eigenvalue weighted by atomic mass is 32.1. The molecule has 0 saturated heterocycles. The molecule has 7 nitrogen and oxygen atoms in total. The number of hydrogen-bond acceptors (Lipinski definition) is 5. The van der Waals surface area contributed by atoms with Crippen LogP contribution >= 0.6 is 11.3 Å². The molecule has 0 aliphatic carbocycles. The number of imidazole rings is 1. The molecule has 2 amide bonds. The Labute approximate surface area is 204 Å². The van der Waals surface area contributed by atoms with Crippen LogP contribution < -0.4 is 5.32 Å². The summed E-state index contributed by atoms with van der Waals surface area (Å²) in [6.07, 6.45) is 2.94. The SMILES string of the molecule is CCN(CC)CCCNC(=O)c1ccc2c(c1)sc1nc(-c3ccc(C(=O)N(C)C)cc3)cn12. The molecule has 0 aliphatic heterocycles.